The lowest BCUT2D eigenvalue weighted by Gasteiger charge is -1.92. The van der Waals surface area contributed by atoms with Gasteiger partial charge in [0.05, 0.1) is 0 Å². The van der Waals surface area contributed by atoms with E-state index in [1.807, 2.05) is 0 Å². The first-order chi connectivity index (χ1) is 3.43. The van der Waals surface area contributed by atoms with Gasteiger partial charge < -0.3 is 0 Å². The van der Waals surface area contributed by atoms with Crippen LogP contribution in [0.2, 0.25) is 12.6 Å². The van der Waals surface area contributed by atoms with E-state index in [0.717, 1.165) is 5.99 Å². The average Bonchev–Trinajstić information content (AvgIpc) is 2.14. The molecule has 0 unspecified atom stereocenters. The van der Waals surface area contributed by atoms with Crippen molar-refractivity contribution in [3.63, 3.8) is 0 Å². The standard InChI is InChI=1S/C4H9BS2/c6-7-5-3-1-2-4-5/h6H,1-4H2. The molecule has 1 heterocycles. The third-order valence-electron chi connectivity index (χ3n) is 1.45. The lowest BCUT2D eigenvalue weighted by Crippen LogP contribution is -1.93. The Morgan fingerprint density at radius 3 is 2.14 bits per heavy atom. The van der Waals surface area contributed by atoms with Gasteiger partial charge in [-0.1, -0.05) is 25.5 Å². The van der Waals surface area contributed by atoms with E-state index in [9.17, 15) is 0 Å². The second kappa shape index (κ2) is 2.93. The molecule has 0 radical (unpaired) electrons. The van der Waals surface area contributed by atoms with Gasteiger partial charge in [0.15, 0.2) is 0 Å². The molecule has 3 heteroatoms. The molecule has 1 fully saturated rings. The van der Waals surface area contributed by atoms with Gasteiger partial charge in [-0.2, -0.15) is 0 Å². The van der Waals surface area contributed by atoms with E-state index in [-0.39, 0.29) is 0 Å². The second-order valence-electron chi connectivity index (χ2n) is 2.01. The Morgan fingerprint density at radius 1 is 1.29 bits per heavy atom. The van der Waals surface area contributed by atoms with Crippen LogP contribution in [-0.4, -0.2) is 5.99 Å². The van der Waals surface area contributed by atoms with Crippen LogP contribution in [0.1, 0.15) is 12.8 Å². The SMILES string of the molecule is SSB1CCCC1. The predicted molar refractivity (Wildman–Crippen MR) is 41.2 cm³/mol. The largest absolute Gasteiger partial charge is 0.223 e. The topological polar surface area (TPSA) is 0 Å². The summed E-state index contributed by atoms with van der Waals surface area (Å²) in [7, 11) is 1.73. The summed E-state index contributed by atoms with van der Waals surface area (Å²) in [5.41, 5.74) is 0. The van der Waals surface area contributed by atoms with Gasteiger partial charge in [0.1, 0.15) is 0 Å². The molecule has 0 aromatic rings. The number of hydrogen-bond donors (Lipinski definition) is 1. The number of hydrogen-bond acceptors (Lipinski definition) is 2. The van der Waals surface area contributed by atoms with Gasteiger partial charge in [0, 0.05) is 0 Å². The zero-order chi connectivity index (χ0) is 5.11. The van der Waals surface area contributed by atoms with Crippen LogP contribution >= 0.6 is 22.3 Å². The molecule has 0 aliphatic carbocycles. The normalized spacial score (nSPS) is 21.0. The first-order valence-corrected chi connectivity index (χ1v) is 4.67. The average molecular weight is 132 g/mol. The van der Waals surface area contributed by atoms with Gasteiger partial charge in [-0.15, -0.1) is 22.3 Å². The van der Waals surface area contributed by atoms with Gasteiger partial charge >= 0.3 is 0 Å². The van der Waals surface area contributed by atoms with Gasteiger partial charge in [-0.05, 0) is 0 Å². The zero-order valence-corrected chi connectivity index (χ0v) is 5.97. The number of thiol groups is 1. The minimum Gasteiger partial charge on any atom is -0.149 e. The Morgan fingerprint density at radius 2 is 1.86 bits per heavy atom. The summed E-state index contributed by atoms with van der Waals surface area (Å²) in [6, 6.07) is 0. The maximum absolute atomic E-state index is 4.13. The number of rotatable bonds is 1. The van der Waals surface area contributed by atoms with E-state index < -0.39 is 0 Å². The molecule has 0 atom stereocenters. The monoisotopic (exact) mass is 132 g/mol. The highest BCUT2D eigenvalue weighted by molar-refractivity contribution is 8.79. The summed E-state index contributed by atoms with van der Waals surface area (Å²) in [6.45, 7) is 0. The van der Waals surface area contributed by atoms with Crippen molar-refractivity contribution in [2.45, 2.75) is 25.5 Å². The molecule has 7 heavy (non-hydrogen) atoms. The Bertz CT molecular complexity index is 51.7. The summed E-state index contributed by atoms with van der Waals surface area (Å²) in [5, 5.41) is 0. The molecule has 0 bridgehead atoms. The van der Waals surface area contributed by atoms with Crippen molar-refractivity contribution >= 4 is 28.3 Å². The molecule has 0 nitrogen and oxygen atoms in total. The van der Waals surface area contributed by atoms with Crippen LogP contribution in [0.5, 0.6) is 0 Å². The van der Waals surface area contributed by atoms with Crippen LogP contribution in [-0.2, 0) is 0 Å². The minimum absolute atomic E-state index is 0.878. The van der Waals surface area contributed by atoms with Crippen LogP contribution in [0.25, 0.3) is 0 Å². The van der Waals surface area contributed by atoms with E-state index in [4.69, 9.17) is 0 Å². The molecule has 0 N–H and O–H groups in total. The first kappa shape index (κ1) is 5.89. The second-order valence-corrected chi connectivity index (χ2v) is 3.52. The van der Waals surface area contributed by atoms with Crippen molar-refractivity contribution in [1.82, 2.24) is 0 Å². The fourth-order valence-corrected chi connectivity index (χ4v) is 2.17. The third-order valence-corrected chi connectivity index (χ3v) is 3.12. The molecule has 0 spiro atoms. The van der Waals surface area contributed by atoms with Crippen LogP contribution in [0.3, 0.4) is 0 Å². The zero-order valence-electron chi connectivity index (χ0n) is 4.26. The van der Waals surface area contributed by atoms with Crippen molar-refractivity contribution in [1.29, 1.82) is 0 Å². The maximum atomic E-state index is 4.13. The van der Waals surface area contributed by atoms with E-state index in [1.54, 1.807) is 10.6 Å². The van der Waals surface area contributed by atoms with Crippen molar-refractivity contribution in [3.8, 4) is 0 Å². The maximum Gasteiger partial charge on any atom is 0.223 e. The molecular formula is C4H9BS2. The minimum atomic E-state index is 0.878. The van der Waals surface area contributed by atoms with Gasteiger partial charge in [0.2, 0.25) is 5.99 Å². The van der Waals surface area contributed by atoms with Crippen LogP contribution in [0.4, 0.5) is 0 Å². The van der Waals surface area contributed by atoms with Crippen LogP contribution in [0, 0.1) is 0 Å². The predicted octanol–water partition coefficient (Wildman–Crippen LogP) is 2.35. The summed E-state index contributed by atoms with van der Waals surface area (Å²) < 4.78 is 0. The van der Waals surface area contributed by atoms with Gasteiger partial charge in [-0.25, -0.2) is 0 Å². The Labute approximate surface area is 54.2 Å². The Kier molecular flexibility index (Phi) is 2.46. The first-order valence-electron chi connectivity index (χ1n) is 2.73. The Hall–Kier alpha value is 0.765. The molecular weight excluding hydrogens is 123 g/mol. The van der Waals surface area contributed by atoms with Crippen LogP contribution < -0.4 is 0 Å². The highest BCUT2D eigenvalue weighted by Gasteiger charge is 2.17. The fourth-order valence-electron chi connectivity index (χ4n) is 0.994. The molecule has 1 aliphatic heterocycles. The van der Waals surface area contributed by atoms with Gasteiger partial charge in [-0.3, -0.25) is 0 Å². The van der Waals surface area contributed by atoms with E-state index >= 15 is 0 Å². The summed E-state index contributed by atoms with van der Waals surface area (Å²) in [5.74, 6) is 0.878. The molecule has 1 saturated heterocycles. The third kappa shape index (κ3) is 1.61. The van der Waals surface area contributed by atoms with Crippen molar-refractivity contribution in [3.05, 3.63) is 0 Å². The molecule has 1 rings (SSSR count). The molecule has 0 aromatic heterocycles. The summed E-state index contributed by atoms with van der Waals surface area (Å²) in [4.78, 5) is 0. The quantitative estimate of drug-likeness (QED) is 0.324. The highest BCUT2D eigenvalue weighted by atomic mass is 33.1. The fraction of sp³-hybridized carbons (Fsp3) is 1.00. The van der Waals surface area contributed by atoms with E-state index in [1.165, 1.54) is 25.5 Å². The molecule has 0 amide bonds. The Balaban J connectivity index is 2.14. The van der Waals surface area contributed by atoms with Crippen LogP contribution in [0.15, 0.2) is 0 Å². The molecule has 0 saturated carbocycles. The summed E-state index contributed by atoms with van der Waals surface area (Å²) >= 11 is 4.13. The molecule has 40 valence electrons. The molecule has 0 aromatic carbocycles. The lowest BCUT2D eigenvalue weighted by molar-refractivity contribution is 0.935. The van der Waals surface area contributed by atoms with E-state index in [0.29, 0.717) is 0 Å². The summed E-state index contributed by atoms with van der Waals surface area (Å²) in [6.07, 6.45) is 5.65. The van der Waals surface area contributed by atoms with Crippen molar-refractivity contribution in [2.24, 2.45) is 0 Å². The van der Waals surface area contributed by atoms with Crippen molar-refractivity contribution < 1.29 is 0 Å². The van der Waals surface area contributed by atoms with E-state index in [2.05, 4.69) is 11.7 Å². The lowest BCUT2D eigenvalue weighted by atomic mass is 9.75. The smallest absolute Gasteiger partial charge is 0.149 e. The highest BCUT2D eigenvalue weighted by Crippen LogP contribution is 2.29. The van der Waals surface area contributed by atoms with Crippen molar-refractivity contribution in [2.75, 3.05) is 0 Å². The van der Waals surface area contributed by atoms with Gasteiger partial charge in [0.25, 0.3) is 0 Å². The molecule has 1 aliphatic rings.